The van der Waals surface area contributed by atoms with Gasteiger partial charge in [-0.1, -0.05) is 12.8 Å². The van der Waals surface area contributed by atoms with Crippen LogP contribution in [0.1, 0.15) is 38.5 Å². The minimum atomic E-state index is 0.0654. The fourth-order valence-electron chi connectivity index (χ4n) is 3.59. The summed E-state index contributed by atoms with van der Waals surface area (Å²) in [5, 5.41) is 6.30. The van der Waals surface area contributed by atoms with E-state index >= 15 is 0 Å². The first-order valence-corrected chi connectivity index (χ1v) is 7.10. The molecule has 1 atom stereocenters. The molecule has 4 fully saturated rings. The van der Waals surface area contributed by atoms with E-state index in [-0.39, 0.29) is 6.03 Å². The van der Waals surface area contributed by atoms with Crippen LogP contribution in [0.15, 0.2) is 0 Å². The summed E-state index contributed by atoms with van der Waals surface area (Å²) in [4.78, 5) is 14.4. The Morgan fingerprint density at radius 2 is 1.71 bits per heavy atom. The van der Waals surface area contributed by atoms with E-state index in [9.17, 15) is 4.79 Å². The van der Waals surface area contributed by atoms with Crippen LogP contribution in [0, 0.1) is 5.92 Å². The molecule has 0 spiro atoms. The highest BCUT2D eigenvalue weighted by atomic mass is 16.2. The number of rotatable bonds is 2. The van der Waals surface area contributed by atoms with E-state index in [2.05, 4.69) is 15.5 Å². The minimum Gasteiger partial charge on any atom is -0.335 e. The number of carbonyl (C=O) groups excluding carboxylic acids is 1. The van der Waals surface area contributed by atoms with Gasteiger partial charge < -0.3 is 15.5 Å². The smallest absolute Gasteiger partial charge is 0.315 e. The van der Waals surface area contributed by atoms with Crippen molar-refractivity contribution < 1.29 is 4.79 Å². The van der Waals surface area contributed by atoms with Gasteiger partial charge in [-0.05, 0) is 44.7 Å². The molecule has 4 nitrogen and oxygen atoms in total. The summed E-state index contributed by atoms with van der Waals surface area (Å²) in [5.41, 5.74) is 0. The van der Waals surface area contributed by atoms with Gasteiger partial charge in [-0.25, -0.2) is 4.79 Å². The molecule has 2 bridgehead atoms. The molecule has 3 saturated heterocycles. The Bertz CT molecular complexity index is 280. The third-order valence-electron chi connectivity index (χ3n) is 4.66. The first kappa shape index (κ1) is 11.3. The van der Waals surface area contributed by atoms with Crippen LogP contribution in [0.2, 0.25) is 0 Å². The standard InChI is InChI=1S/C13H23N3O/c17-13(14-11-3-1-2-4-11)15-12-9-16-7-5-10(12)6-8-16/h10-12H,1-9H2,(H2,14,15,17). The summed E-state index contributed by atoms with van der Waals surface area (Å²) in [7, 11) is 0. The lowest BCUT2D eigenvalue weighted by atomic mass is 9.84. The maximum absolute atomic E-state index is 11.9. The SMILES string of the molecule is O=C(NC1CCCC1)NC1CN2CCC1CC2. The fraction of sp³-hybridized carbons (Fsp3) is 0.923. The molecule has 2 amide bonds. The summed E-state index contributed by atoms with van der Waals surface area (Å²) >= 11 is 0. The highest BCUT2D eigenvalue weighted by molar-refractivity contribution is 5.74. The van der Waals surface area contributed by atoms with Gasteiger partial charge in [0, 0.05) is 18.6 Å². The Hall–Kier alpha value is -0.770. The first-order chi connectivity index (χ1) is 8.31. The predicted octanol–water partition coefficient (Wildman–Crippen LogP) is 1.32. The molecule has 4 heteroatoms. The van der Waals surface area contributed by atoms with Crippen molar-refractivity contribution in [3.8, 4) is 0 Å². The van der Waals surface area contributed by atoms with Gasteiger partial charge >= 0.3 is 6.03 Å². The second-order valence-corrected chi connectivity index (χ2v) is 5.84. The zero-order valence-corrected chi connectivity index (χ0v) is 10.5. The molecule has 17 heavy (non-hydrogen) atoms. The van der Waals surface area contributed by atoms with Crippen molar-refractivity contribution >= 4 is 6.03 Å². The summed E-state index contributed by atoms with van der Waals surface area (Å²) in [6.45, 7) is 3.52. The maximum atomic E-state index is 11.9. The van der Waals surface area contributed by atoms with E-state index in [0.29, 0.717) is 18.0 Å². The largest absolute Gasteiger partial charge is 0.335 e. The van der Waals surface area contributed by atoms with Crippen molar-refractivity contribution in [1.82, 2.24) is 15.5 Å². The highest BCUT2D eigenvalue weighted by Gasteiger charge is 2.35. The fourth-order valence-corrected chi connectivity index (χ4v) is 3.59. The summed E-state index contributed by atoms with van der Waals surface area (Å²) in [6, 6.07) is 0.880. The molecule has 1 aliphatic carbocycles. The van der Waals surface area contributed by atoms with E-state index in [1.54, 1.807) is 0 Å². The van der Waals surface area contributed by atoms with E-state index in [0.717, 1.165) is 19.4 Å². The van der Waals surface area contributed by atoms with Crippen LogP contribution in [0.5, 0.6) is 0 Å². The monoisotopic (exact) mass is 237 g/mol. The number of urea groups is 1. The number of nitrogens with one attached hydrogen (secondary N) is 2. The van der Waals surface area contributed by atoms with Crippen molar-refractivity contribution in [3.63, 3.8) is 0 Å². The Kier molecular flexibility index (Phi) is 3.23. The Balaban J connectivity index is 1.47. The van der Waals surface area contributed by atoms with Crippen LogP contribution in [0.3, 0.4) is 0 Å². The molecule has 0 aromatic rings. The van der Waals surface area contributed by atoms with Gasteiger partial charge in [0.1, 0.15) is 0 Å². The van der Waals surface area contributed by atoms with Crippen LogP contribution in [-0.2, 0) is 0 Å². The van der Waals surface area contributed by atoms with Gasteiger partial charge in [0.2, 0.25) is 0 Å². The summed E-state index contributed by atoms with van der Waals surface area (Å²) < 4.78 is 0. The second kappa shape index (κ2) is 4.84. The number of piperidine rings is 3. The number of amides is 2. The lowest BCUT2D eigenvalue weighted by molar-refractivity contribution is 0.0764. The Labute approximate surface area is 103 Å². The van der Waals surface area contributed by atoms with Gasteiger partial charge in [-0.15, -0.1) is 0 Å². The molecular formula is C13H23N3O. The third-order valence-corrected chi connectivity index (χ3v) is 4.66. The number of carbonyl (C=O) groups is 1. The van der Waals surface area contributed by atoms with Crippen molar-refractivity contribution in [1.29, 1.82) is 0 Å². The molecule has 4 rings (SSSR count). The molecule has 0 radical (unpaired) electrons. The lowest BCUT2D eigenvalue weighted by Gasteiger charge is -2.44. The topological polar surface area (TPSA) is 44.4 Å². The zero-order valence-electron chi connectivity index (χ0n) is 10.5. The van der Waals surface area contributed by atoms with Crippen molar-refractivity contribution in [3.05, 3.63) is 0 Å². The number of nitrogens with zero attached hydrogens (tertiary/aromatic N) is 1. The first-order valence-electron chi connectivity index (χ1n) is 7.10. The van der Waals surface area contributed by atoms with Gasteiger partial charge in [0.25, 0.3) is 0 Å². The molecule has 2 N–H and O–H groups in total. The van der Waals surface area contributed by atoms with E-state index < -0.39 is 0 Å². The molecular weight excluding hydrogens is 214 g/mol. The van der Waals surface area contributed by atoms with Crippen LogP contribution in [0.4, 0.5) is 4.79 Å². The molecule has 0 aromatic carbocycles. The number of hydrogen-bond acceptors (Lipinski definition) is 2. The zero-order chi connectivity index (χ0) is 11.7. The van der Waals surface area contributed by atoms with E-state index in [4.69, 9.17) is 0 Å². The molecule has 96 valence electrons. The Morgan fingerprint density at radius 3 is 2.29 bits per heavy atom. The van der Waals surface area contributed by atoms with Gasteiger partial charge in [0.05, 0.1) is 0 Å². The molecule has 3 aliphatic heterocycles. The number of hydrogen-bond donors (Lipinski definition) is 2. The average molecular weight is 237 g/mol. The van der Waals surface area contributed by atoms with Gasteiger partial charge in [-0.3, -0.25) is 0 Å². The maximum Gasteiger partial charge on any atom is 0.315 e. The summed E-state index contributed by atoms with van der Waals surface area (Å²) in [5.74, 6) is 0.717. The van der Waals surface area contributed by atoms with Crippen LogP contribution in [-0.4, -0.2) is 42.6 Å². The molecule has 0 aromatic heterocycles. The number of fused-ring (bicyclic) bond motifs is 3. The Morgan fingerprint density at radius 1 is 1.00 bits per heavy atom. The second-order valence-electron chi connectivity index (χ2n) is 5.84. The average Bonchev–Trinajstić information content (AvgIpc) is 2.83. The quantitative estimate of drug-likeness (QED) is 0.761. The van der Waals surface area contributed by atoms with Crippen molar-refractivity contribution in [2.45, 2.75) is 50.6 Å². The molecule has 1 unspecified atom stereocenters. The van der Waals surface area contributed by atoms with Gasteiger partial charge in [0.15, 0.2) is 0 Å². The highest BCUT2D eigenvalue weighted by Crippen LogP contribution is 2.27. The van der Waals surface area contributed by atoms with Crippen LogP contribution < -0.4 is 10.6 Å². The van der Waals surface area contributed by atoms with Crippen molar-refractivity contribution in [2.24, 2.45) is 5.92 Å². The van der Waals surface area contributed by atoms with E-state index in [1.807, 2.05) is 0 Å². The molecule has 4 aliphatic rings. The van der Waals surface area contributed by atoms with E-state index in [1.165, 1.54) is 38.8 Å². The minimum absolute atomic E-state index is 0.0654. The lowest BCUT2D eigenvalue weighted by Crippen LogP contribution is -2.59. The van der Waals surface area contributed by atoms with Crippen LogP contribution >= 0.6 is 0 Å². The van der Waals surface area contributed by atoms with Crippen molar-refractivity contribution in [2.75, 3.05) is 19.6 Å². The van der Waals surface area contributed by atoms with Gasteiger partial charge in [-0.2, -0.15) is 0 Å². The normalized spacial score (nSPS) is 37.1. The molecule has 1 saturated carbocycles. The summed E-state index contributed by atoms with van der Waals surface area (Å²) in [6.07, 6.45) is 7.37. The molecule has 3 heterocycles. The van der Waals surface area contributed by atoms with Crippen LogP contribution in [0.25, 0.3) is 0 Å². The third kappa shape index (κ3) is 2.57. The predicted molar refractivity (Wildman–Crippen MR) is 66.9 cm³/mol.